The van der Waals surface area contributed by atoms with Crippen molar-refractivity contribution in [3.05, 3.63) is 60.4 Å². The molecule has 0 unspecified atom stereocenters. The molecule has 4 heteroatoms. The molecule has 0 aliphatic carbocycles. The van der Waals surface area contributed by atoms with E-state index in [1.165, 1.54) is 0 Å². The Kier molecular flexibility index (Phi) is 4.41. The SMILES string of the molecule is O=C(NCCn1cccc1)OCc1ccccc1. The number of hydrogen-bond acceptors (Lipinski definition) is 2. The molecular formula is C14H16N2O2. The number of carbonyl (C=O) groups excluding carboxylic acids is 1. The van der Waals surface area contributed by atoms with Crippen LogP contribution in [0.15, 0.2) is 54.9 Å². The minimum atomic E-state index is -0.383. The molecular weight excluding hydrogens is 228 g/mol. The zero-order chi connectivity index (χ0) is 12.6. The van der Waals surface area contributed by atoms with Crippen LogP contribution < -0.4 is 5.32 Å². The number of amides is 1. The summed E-state index contributed by atoms with van der Waals surface area (Å²) in [6.07, 6.45) is 3.53. The van der Waals surface area contributed by atoms with Gasteiger partial charge in [0.05, 0.1) is 0 Å². The van der Waals surface area contributed by atoms with Crippen LogP contribution in [0.25, 0.3) is 0 Å². The number of hydrogen-bond donors (Lipinski definition) is 1. The van der Waals surface area contributed by atoms with Crippen molar-refractivity contribution in [1.29, 1.82) is 0 Å². The molecule has 18 heavy (non-hydrogen) atoms. The largest absolute Gasteiger partial charge is 0.445 e. The van der Waals surface area contributed by atoms with E-state index in [-0.39, 0.29) is 6.09 Å². The average molecular weight is 244 g/mol. The Hall–Kier alpha value is -2.23. The first-order valence-electron chi connectivity index (χ1n) is 5.90. The molecule has 0 atom stereocenters. The number of aromatic nitrogens is 1. The van der Waals surface area contributed by atoms with Crippen molar-refractivity contribution in [1.82, 2.24) is 9.88 Å². The van der Waals surface area contributed by atoms with Gasteiger partial charge in [0.25, 0.3) is 0 Å². The molecule has 0 saturated carbocycles. The minimum absolute atomic E-state index is 0.302. The Morgan fingerprint density at radius 2 is 1.83 bits per heavy atom. The smallest absolute Gasteiger partial charge is 0.407 e. The van der Waals surface area contributed by atoms with Crippen molar-refractivity contribution >= 4 is 6.09 Å². The highest BCUT2D eigenvalue weighted by Gasteiger charge is 2.01. The predicted molar refractivity (Wildman–Crippen MR) is 69.1 cm³/mol. The van der Waals surface area contributed by atoms with E-state index in [0.29, 0.717) is 13.2 Å². The molecule has 1 aromatic heterocycles. The lowest BCUT2D eigenvalue weighted by molar-refractivity contribution is 0.139. The fraction of sp³-hybridized carbons (Fsp3) is 0.214. The van der Waals surface area contributed by atoms with Gasteiger partial charge in [0.1, 0.15) is 6.61 Å². The first-order chi connectivity index (χ1) is 8.84. The molecule has 94 valence electrons. The number of alkyl carbamates (subject to hydrolysis) is 1. The number of nitrogens with zero attached hydrogens (tertiary/aromatic N) is 1. The molecule has 1 N–H and O–H groups in total. The monoisotopic (exact) mass is 244 g/mol. The van der Waals surface area contributed by atoms with Crippen LogP contribution in [0.4, 0.5) is 4.79 Å². The van der Waals surface area contributed by atoms with E-state index in [0.717, 1.165) is 12.1 Å². The van der Waals surface area contributed by atoms with Crippen LogP contribution in [0.3, 0.4) is 0 Å². The molecule has 0 bridgehead atoms. The summed E-state index contributed by atoms with van der Waals surface area (Å²) in [7, 11) is 0. The zero-order valence-electron chi connectivity index (χ0n) is 10.1. The summed E-state index contributed by atoms with van der Waals surface area (Å²) in [6, 6.07) is 13.5. The number of carbonyl (C=O) groups is 1. The van der Waals surface area contributed by atoms with E-state index in [9.17, 15) is 4.79 Å². The van der Waals surface area contributed by atoms with Crippen molar-refractivity contribution in [3.63, 3.8) is 0 Å². The summed E-state index contributed by atoms with van der Waals surface area (Å²) in [4.78, 5) is 11.4. The standard InChI is InChI=1S/C14H16N2O2/c17-14(15-8-11-16-9-4-5-10-16)18-12-13-6-2-1-3-7-13/h1-7,9-10H,8,11-12H2,(H,15,17). The highest BCUT2D eigenvalue weighted by molar-refractivity contribution is 5.67. The maximum atomic E-state index is 11.4. The topological polar surface area (TPSA) is 43.3 Å². The number of rotatable bonds is 5. The molecule has 0 fully saturated rings. The Balaban J connectivity index is 1.63. The summed E-state index contributed by atoms with van der Waals surface area (Å²) in [5, 5.41) is 2.71. The van der Waals surface area contributed by atoms with Crippen molar-refractivity contribution in [2.75, 3.05) is 6.54 Å². The second-order valence-corrected chi connectivity index (χ2v) is 3.91. The summed E-state index contributed by atoms with van der Waals surface area (Å²) in [6.45, 7) is 1.60. The van der Waals surface area contributed by atoms with Gasteiger partial charge in [-0.2, -0.15) is 0 Å². The van der Waals surface area contributed by atoms with E-state index in [4.69, 9.17) is 4.74 Å². The molecule has 0 spiro atoms. The van der Waals surface area contributed by atoms with Crippen LogP contribution in [-0.2, 0) is 17.9 Å². The predicted octanol–water partition coefficient (Wildman–Crippen LogP) is 2.41. The molecule has 2 rings (SSSR count). The van der Waals surface area contributed by atoms with Gasteiger partial charge in [-0.1, -0.05) is 30.3 Å². The molecule has 0 radical (unpaired) electrons. The lowest BCUT2D eigenvalue weighted by Crippen LogP contribution is -2.27. The lowest BCUT2D eigenvalue weighted by Gasteiger charge is -2.07. The molecule has 2 aromatic rings. The van der Waals surface area contributed by atoms with E-state index < -0.39 is 0 Å². The van der Waals surface area contributed by atoms with Gasteiger partial charge in [0.2, 0.25) is 0 Å². The Morgan fingerprint density at radius 3 is 2.56 bits per heavy atom. The Bertz CT molecular complexity index is 466. The average Bonchev–Trinajstić information content (AvgIpc) is 2.91. The van der Waals surface area contributed by atoms with E-state index in [1.54, 1.807) is 0 Å². The van der Waals surface area contributed by atoms with Crippen LogP contribution in [0.1, 0.15) is 5.56 Å². The fourth-order valence-electron chi connectivity index (χ4n) is 1.58. The van der Waals surface area contributed by atoms with E-state index >= 15 is 0 Å². The van der Waals surface area contributed by atoms with Crippen LogP contribution in [0.5, 0.6) is 0 Å². The number of benzene rings is 1. The van der Waals surface area contributed by atoms with Gasteiger partial charge in [-0.3, -0.25) is 0 Å². The van der Waals surface area contributed by atoms with Gasteiger partial charge >= 0.3 is 6.09 Å². The highest BCUT2D eigenvalue weighted by Crippen LogP contribution is 2.00. The van der Waals surface area contributed by atoms with Gasteiger partial charge in [0, 0.05) is 25.5 Å². The van der Waals surface area contributed by atoms with Crippen LogP contribution in [-0.4, -0.2) is 17.2 Å². The molecule has 0 saturated heterocycles. The third kappa shape index (κ3) is 3.97. The van der Waals surface area contributed by atoms with Gasteiger partial charge in [-0.15, -0.1) is 0 Å². The maximum Gasteiger partial charge on any atom is 0.407 e. The fourth-order valence-corrected chi connectivity index (χ4v) is 1.58. The second-order valence-electron chi connectivity index (χ2n) is 3.91. The number of nitrogens with one attached hydrogen (secondary N) is 1. The molecule has 4 nitrogen and oxygen atoms in total. The zero-order valence-corrected chi connectivity index (χ0v) is 10.1. The summed E-state index contributed by atoms with van der Waals surface area (Å²) < 4.78 is 7.09. The first kappa shape index (κ1) is 12.2. The Labute approximate surface area is 106 Å². The van der Waals surface area contributed by atoms with Crippen LogP contribution in [0.2, 0.25) is 0 Å². The third-order valence-electron chi connectivity index (χ3n) is 2.52. The van der Waals surface area contributed by atoms with Gasteiger partial charge in [-0.25, -0.2) is 4.79 Å². The normalized spacial score (nSPS) is 10.0. The quantitative estimate of drug-likeness (QED) is 0.877. The highest BCUT2D eigenvalue weighted by atomic mass is 16.5. The van der Waals surface area contributed by atoms with Crippen LogP contribution >= 0.6 is 0 Å². The van der Waals surface area contributed by atoms with Crippen molar-refractivity contribution in [2.24, 2.45) is 0 Å². The molecule has 0 aliphatic heterocycles. The first-order valence-corrected chi connectivity index (χ1v) is 5.90. The van der Waals surface area contributed by atoms with Gasteiger partial charge < -0.3 is 14.6 Å². The summed E-state index contributed by atoms with van der Waals surface area (Å²) in [5.41, 5.74) is 0.984. The Morgan fingerprint density at radius 1 is 1.11 bits per heavy atom. The van der Waals surface area contributed by atoms with Gasteiger partial charge in [-0.05, 0) is 17.7 Å². The molecule has 1 amide bonds. The third-order valence-corrected chi connectivity index (χ3v) is 2.52. The molecule has 1 heterocycles. The lowest BCUT2D eigenvalue weighted by atomic mass is 10.2. The number of ether oxygens (including phenoxy) is 1. The van der Waals surface area contributed by atoms with Gasteiger partial charge in [0.15, 0.2) is 0 Å². The summed E-state index contributed by atoms with van der Waals surface area (Å²) in [5.74, 6) is 0. The van der Waals surface area contributed by atoms with E-state index in [1.807, 2.05) is 59.4 Å². The van der Waals surface area contributed by atoms with Crippen molar-refractivity contribution < 1.29 is 9.53 Å². The van der Waals surface area contributed by atoms with Crippen LogP contribution in [0, 0.1) is 0 Å². The summed E-state index contributed by atoms with van der Waals surface area (Å²) >= 11 is 0. The molecule has 0 aliphatic rings. The van der Waals surface area contributed by atoms with Crippen molar-refractivity contribution in [2.45, 2.75) is 13.2 Å². The van der Waals surface area contributed by atoms with E-state index in [2.05, 4.69) is 5.32 Å². The van der Waals surface area contributed by atoms with Crippen molar-refractivity contribution in [3.8, 4) is 0 Å². The minimum Gasteiger partial charge on any atom is -0.445 e. The second kappa shape index (κ2) is 6.49. The maximum absolute atomic E-state index is 11.4. The molecule has 1 aromatic carbocycles.